The summed E-state index contributed by atoms with van der Waals surface area (Å²) in [6, 6.07) is 3.97. The Morgan fingerprint density at radius 2 is 2.05 bits per heavy atom. The molecule has 0 fully saturated rings. The van der Waals surface area contributed by atoms with Crippen LogP contribution >= 0.6 is 15.9 Å². The second kappa shape index (κ2) is 7.87. The van der Waals surface area contributed by atoms with E-state index >= 15 is 0 Å². The van der Waals surface area contributed by atoms with E-state index in [1.54, 1.807) is 33.1 Å². The standard InChI is InChI=1S/C14H19BrN2O4/c1-8(2)12(13(18)19)17-14(20)16-7-9-6-10(21-3)4-5-11(9)15/h4-6,8,12H,7H2,1-3H3,(H,18,19)(H2,16,17,20). The molecule has 0 heterocycles. The van der Waals surface area contributed by atoms with Gasteiger partial charge in [0.25, 0.3) is 0 Å². The third-order valence-corrected chi connectivity index (χ3v) is 3.69. The quantitative estimate of drug-likeness (QED) is 0.728. The van der Waals surface area contributed by atoms with Crippen LogP contribution in [0.1, 0.15) is 19.4 Å². The number of urea groups is 1. The molecule has 116 valence electrons. The highest BCUT2D eigenvalue weighted by Crippen LogP contribution is 2.22. The molecule has 2 amide bonds. The third-order valence-electron chi connectivity index (χ3n) is 2.91. The van der Waals surface area contributed by atoms with E-state index in [1.165, 1.54) is 0 Å². The molecule has 6 nitrogen and oxygen atoms in total. The molecule has 1 unspecified atom stereocenters. The van der Waals surface area contributed by atoms with E-state index in [4.69, 9.17) is 9.84 Å². The number of rotatable bonds is 6. The summed E-state index contributed by atoms with van der Waals surface area (Å²) in [5, 5.41) is 14.1. The Bertz CT molecular complexity index is 520. The summed E-state index contributed by atoms with van der Waals surface area (Å²) in [6.07, 6.45) is 0. The Balaban J connectivity index is 2.62. The second-order valence-electron chi connectivity index (χ2n) is 4.84. The van der Waals surface area contributed by atoms with Gasteiger partial charge in [-0.05, 0) is 29.7 Å². The first-order chi connectivity index (χ1) is 9.85. The maximum Gasteiger partial charge on any atom is 0.326 e. The Hall–Kier alpha value is -1.76. The summed E-state index contributed by atoms with van der Waals surface area (Å²) in [7, 11) is 1.56. The van der Waals surface area contributed by atoms with Gasteiger partial charge >= 0.3 is 12.0 Å². The Labute approximate surface area is 132 Å². The molecular formula is C14H19BrN2O4. The van der Waals surface area contributed by atoms with Crippen LogP contribution in [0, 0.1) is 5.92 Å². The fraction of sp³-hybridized carbons (Fsp3) is 0.429. The predicted octanol–water partition coefficient (Wildman–Crippen LogP) is 2.37. The van der Waals surface area contributed by atoms with Crippen LogP contribution in [-0.4, -0.2) is 30.3 Å². The van der Waals surface area contributed by atoms with Crippen molar-refractivity contribution in [1.29, 1.82) is 0 Å². The van der Waals surface area contributed by atoms with Crippen molar-refractivity contribution in [1.82, 2.24) is 10.6 Å². The minimum absolute atomic E-state index is 0.197. The lowest BCUT2D eigenvalue weighted by atomic mass is 10.1. The van der Waals surface area contributed by atoms with Gasteiger partial charge in [-0.3, -0.25) is 0 Å². The maximum absolute atomic E-state index is 11.8. The number of amides is 2. The highest BCUT2D eigenvalue weighted by atomic mass is 79.9. The van der Waals surface area contributed by atoms with Crippen LogP contribution in [0.25, 0.3) is 0 Å². The molecule has 0 aliphatic rings. The zero-order chi connectivity index (χ0) is 16.0. The third kappa shape index (κ3) is 5.26. The van der Waals surface area contributed by atoms with Gasteiger partial charge in [-0.15, -0.1) is 0 Å². The minimum atomic E-state index is -1.05. The molecule has 0 saturated heterocycles. The van der Waals surface area contributed by atoms with Crippen LogP contribution in [0.3, 0.4) is 0 Å². The van der Waals surface area contributed by atoms with Gasteiger partial charge in [-0.1, -0.05) is 29.8 Å². The SMILES string of the molecule is COc1ccc(Br)c(CNC(=O)NC(C(=O)O)C(C)C)c1. The summed E-state index contributed by atoms with van der Waals surface area (Å²) >= 11 is 3.39. The van der Waals surface area contributed by atoms with E-state index in [0.29, 0.717) is 5.75 Å². The zero-order valence-corrected chi connectivity index (χ0v) is 13.7. The van der Waals surface area contributed by atoms with Crippen LogP contribution in [0.15, 0.2) is 22.7 Å². The van der Waals surface area contributed by atoms with Gasteiger partial charge in [-0.2, -0.15) is 0 Å². The Morgan fingerprint density at radius 3 is 2.57 bits per heavy atom. The number of hydrogen-bond acceptors (Lipinski definition) is 3. The lowest BCUT2D eigenvalue weighted by Crippen LogP contribution is -2.48. The largest absolute Gasteiger partial charge is 0.497 e. The minimum Gasteiger partial charge on any atom is -0.497 e. The molecule has 1 atom stereocenters. The number of carboxylic acid groups (broad SMARTS) is 1. The normalized spacial score (nSPS) is 11.9. The number of hydrogen-bond donors (Lipinski definition) is 3. The number of carbonyl (C=O) groups is 2. The van der Waals surface area contributed by atoms with E-state index in [0.717, 1.165) is 10.0 Å². The molecule has 0 spiro atoms. The molecular weight excluding hydrogens is 340 g/mol. The van der Waals surface area contributed by atoms with Crippen LogP contribution in [0.2, 0.25) is 0 Å². The van der Waals surface area contributed by atoms with Crippen LogP contribution in [0.5, 0.6) is 5.75 Å². The molecule has 0 aliphatic heterocycles. The highest BCUT2D eigenvalue weighted by Gasteiger charge is 2.23. The molecule has 1 rings (SSSR count). The summed E-state index contributed by atoms with van der Waals surface area (Å²) in [6.45, 7) is 3.73. The van der Waals surface area contributed by atoms with Gasteiger partial charge in [0.2, 0.25) is 0 Å². The summed E-state index contributed by atoms with van der Waals surface area (Å²) < 4.78 is 5.95. The smallest absolute Gasteiger partial charge is 0.326 e. The van der Waals surface area contributed by atoms with Crippen molar-refractivity contribution in [2.24, 2.45) is 5.92 Å². The number of methoxy groups -OCH3 is 1. The number of ether oxygens (including phenoxy) is 1. The number of nitrogens with one attached hydrogen (secondary N) is 2. The summed E-state index contributed by atoms with van der Waals surface area (Å²) in [5.41, 5.74) is 0.834. The molecule has 0 saturated carbocycles. The average Bonchev–Trinajstić information content (AvgIpc) is 2.43. The van der Waals surface area contributed by atoms with Crippen LogP contribution in [0.4, 0.5) is 4.79 Å². The molecule has 0 aliphatic carbocycles. The van der Waals surface area contributed by atoms with Crippen molar-refractivity contribution in [3.05, 3.63) is 28.2 Å². The number of benzene rings is 1. The highest BCUT2D eigenvalue weighted by molar-refractivity contribution is 9.10. The second-order valence-corrected chi connectivity index (χ2v) is 5.70. The van der Waals surface area contributed by atoms with Crippen molar-refractivity contribution in [3.8, 4) is 5.75 Å². The molecule has 1 aromatic carbocycles. The van der Waals surface area contributed by atoms with E-state index < -0.39 is 18.0 Å². The van der Waals surface area contributed by atoms with Gasteiger partial charge in [0.15, 0.2) is 0 Å². The average molecular weight is 359 g/mol. The first-order valence-corrected chi connectivity index (χ1v) is 7.24. The van der Waals surface area contributed by atoms with Crippen LogP contribution < -0.4 is 15.4 Å². The lowest BCUT2D eigenvalue weighted by molar-refractivity contribution is -0.140. The van der Waals surface area contributed by atoms with E-state index in [1.807, 2.05) is 6.07 Å². The van der Waals surface area contributed by atoms with Gasteiger partial charge in [0.1, 0.15) is 11.8 Å². The zero-order valence-electron chi connectivity index (χ0n) is 12.1. The van der Waals surface area contributed by atoms with Crippen molar-refractivity contribution in [3.63, 3.8) is 0 Å². The fourth-order valence-electron chi connectivity index (χ4n) is 1.69. The van der Waals surface area contributed by atoms with E-state index in [-0.39, 0.29) is 12.5 Å². The fourth-order valence-corrected chi connectivity index (χ4v) is 2.08. The molecule has 21 heavy (non-hydrogen) atoms. The first kappa shape index (κ1) is 17.3. The topological polar surface area (TPSA) is 87.7 Å². The summed E-state index contributed by atoms with van der Waals surface area (Å²) in [5.74, 6) is -0.569. The first-order valence-electron chi connectivity index (χ1n) is 6.44. The number of carbonyl (C=O) groups excluding carboxylic acids is 1. The monoisotopic (exact) mass is 358 g/mol. The number of aliphatic carboxylic acids is 1. The molecule has 1 aromatic rings. The van der Waals surface area contributed by atoms with Gasteiger partial charge < -0.3 is 20.5 Å². The van der Waals surface area contributed by atoms with Crippen molar-refractivity contribution in [2.45, 2.75) is 26.4 Å². The van der Waals surface area contributed by atoms with E-state index in [9.17, 15) is 9.59 Å². The van der Waals surface area contributed by atoms with Crippen molar-refractivity contribution >= 4 is 27.9 Å². The number of halogens is 1. The van der Waals surface area contributed by atoms with E-state index in [2.05, 4.69) is 26.6 Å². The molecule has 7 heteroatoms. The van der Waals surface area contributed by atoms with Crippen LogP contribution in [-0.2, 0) is 11.3 Å². The Kier molecular flexibility index (Phi) is 6.48. The Morgan fingerprint density at radius 1 is 1.38 bits per heavy atom. The molecule has 0 bridgehead atoms. The predicted molar refractivity (Wildman–Crippen MR) is 82.3 cm³/mol. The van der Waals surface area contributed by atoms with Gasteiger partial charge in [-0.25, -0.2) is 9.59 Å². The van der Waals surface area contributed by atoms with Crippen molar-refractivity contribution < 1.29 is 19.4 Å². The molecule has 0 aromatic heterocycles. The lowest BCUT2D eigenvalue weighted by Gasteiger charge is -2.18. The maximum atomic E-state index is 11.8. The van der Waals surface area contributed by atoms with Crippen molar-refractivity contribution in [2.75, 3.05) is 7.11 Å². The van der Waals surface area contributed by atoms with Gasteiger partial charge in [0.05, 0.1) is 7.11 Å². The molecule has 3 N–H and O–H groups in total. The summed E-state index contributed by atoms with van der Waals surface area (Å²) in [4.78, 5) is 22.8. The van der Waals surface area contributed by atoms with Gasteiger partial charge in [0, 0.05) is 11.0 Å². The molecule has 0 radical (unpaired) electrons. The number of carboxylic acids is 1.